The van der Waals surface area contributed by atoms with Crippen LogP contribution in [-0.4, -0.2) is 37.4 Å². The van der Waals surface area contributed by atoms with Crippen LogP contribution in [0.5, 0.6) is 0 Å². The number of nitrogens with one attached hydrogen (secondary N) is 1. The van der Waals surface area contributed by atoms with E-state index in [-0.39, 0.29) is 13.2 Å². The fourth-order valence-corrected chi connectivity index (χ4v) is 4.77. The lowest BCUT2D eigenvalue weighted by atomic mass is 10.00. The van der Waals surface area contributed by atoms with Gasteiger partial charge in [0.1, 0.15) is 11.0 Å². The topological polar surface area (TPSA) is 84.7 Å². The van der Waals surface area contributed by atoms with E-state index in [0.29, 0.717) is 5.76 Å². The van der Waals surface area contributed by atoms with Gasteiger partial charge in [-0.1, -0.05) is 18.2 Å². The van der Waals surface area contributed by atoms with E-state index in [4.69, 9.17) is 9.25 Å². The van der Waals surface area contributed by atoms with E-state index in [1.165, 1.54) is 6.26 Å². The van der Waals surface area contributed by atoms with E-state index in [1.54, 1.807) is 30.4 Å². The Kier molecular flexibility index (Phi) is 4.49. The minimum atomic E-state index is -3.63. The number of rotatable bonds is 5. The van der Waals surface area contributed by atoms with Gasteiger partial charge in [-0.15, -0.1) is 0 Å². The van der Waals surface area contributed by atoms with Crippen LogP contribution >= 0.6 is 0 Å². The maximum Gasteiger partial charge on any atom is 0.219 e. The Labute approximate surface area is 151 Å². The molecule has 1 saturated heterocycles. The highest BCUT2D eigenvalue weighted by Gasteiger charge is 2.43. The molecule has 0 spiro atoms. The Balaban J connectivity index is 1.67. The van der Waals surface area contributed by atoms with E-state index >= 15 is 0 Å². The van der Waals surface area contributed by atoms with Crippen molar-refractivity contribution >= 4 is 20.9 Å². The summed E-state index contributed by atoms with van der Waals surface area (Å²) in [7, 11) is -1.88. The number of sulfonamides is 1. The number of nitrogens with zero attached hydrogens (tertiary/aromatic N) is 2. The van der Waals surface area contributed by atoms with Crippen LogP contribution in [0.15, 0.2) is 59.3 Å². The van der Waals surface area contributed by atoms with Gasteiger partial charge >= 0.3 is 0 Å². The molecule has 3 aromatic rings. The van der Waals surface area contributed by atoms with Gasteiger partial charge in [-0.05, 0) is 29.8 Å². The third-order valence-electron chi connectivity index (χ3n) is 4.61. The molecule has 136 valence electrons. The zero-order valence-corrected chi connectivity index (χ0v) is 15.0. The molecule has 26 heavy (non-hydrogen) atoms. The van der Waals surface area contributed by atoms with Gasteiger partial charge in [-0.25, -0.2) is 13.1 Å². The van der Waals surface area contributed by atoms with E-state index in [9.17, 15) is 8.42 Å². The second-order valence-electron chi connectivity index (χ2n) is 6.19. The van der Waals surface area contributed by atoms with E-state index < -0.39 is 21.3 Å². The molecule has 1 fully saturated rings. The number of hydroxylamine groups is 2. The van der Waals surface area contributed by atoms with Gasteiger partial charge in [0.2, 0.25) is 10.0 Å². The first-order valence-electron chi connectivity index (χ1n) is 8.26. The number of furan rings is 1. The van der Waals surface area contributed by atoms with Crippen molar-refractivity contribution in [2.24, 2.45) is 0 Å². The van der Waals surface area contributed by atoms with Crippen molar-refractivity contribution in [1.82, 2.24) is 14.8 Å². The Morgan fingerprint density at radius 3 is 2.88 bits per heavy atom. The number of pyridine rings is 1. The average molecular weight is 373 g/mol. The quantitative estimate of drug-likeness (QED) is 0.738. The summed E-state index contributed by atoms with van der Waals surface area (Å²) < 4.78 is 33.7. The van der Waals surface area contributed by atoms with Gasteiger partial charge < -0.3 is 4.42 Å². The predicted molar refractivity (Wildman–Crippen MR) is 96.5 cm³/mol. The SMILES string of the molecule is CN1OC[C@H](S(=O)(=O)NCc2ccco2)[C@@H]1c1ccnc2ccccc12. The number of hydrogen-bond acceptors (Lipinski definition) is 6. The molecule has 1 aliphatic heterocycles. The average Bonchev–Trinajstić information content (AvgIpc) is 3.29. The van der Waals surface area contributed by atoms with Crippen molar-refractivity contribution in [2.45, 2.75) is 17.8 Å². The summed E-state index contributed by atoms with van der Waals surface area (Å²) in [6.45, 7) is 0.199. The summed E-state index contributed by atoms with van der Waals surface area (Å²) in [5, 5.41) is 1.79. The minimum Gasteiger partial charge on any atom is -0.468 e. The molecule has 8 heteroatoms. The molecular weight excluding hydrogens is 354 g/mol. The molecule has 0 radical (unpaired) electrons. The molecule has 0 saturated carbocycles. The number of aromatic nitrogens is 1. The van der Waals surface area contributed by atoms with Crippen molar-refractivity contribution in [1.29, 1.82) is 0 Å². The summed E-state index contributed by atoms with van der Waals surface area (Å²) in [4.78, 5) is 9.93. The zero-order chi connectivity index (χ0) is 18.1. The summed E-state index contributed by atoms with van der Waals surface area (Å²) in [5.41, 5.74) is 1.70. The Morgan fingerprint density at radius 2 is 2.08 bits per heavy atom. The Bertz CT molecular complexity index is 999. The molecular formula is C18H19N3O4S. The van der Waals surface area contributed by atoms with Crippen LogP contribution in [0.4, 0.5) is 0 Å². The number of hydrogen-bond donors (Lipinski definition) is 1. The number of para-hydroxylation sites is 1. The fraction of sp³-hybridized carbons (Fsp3) is 0.278. The van der Waals surface area contributed by atoms with Crippen LogP contribution in [0.25, 0.3) is 10.9 Å². The molecule has 1 N–H and O–H groups in total. The normalized spacial score (nSPS) is 21.4. The second-order valence-corrected chi connectivity index (χ2v) is 8.17. The first kappa shape index (κ1) is 17.2. The van der Waals surface area contributed by atoms with Gasteiger partial charge in [-0.3, -0.25) is 9.82 Å². The van der Waals surface area contributed by atoms with Gasteiger partial charge in [-0.2, -0.15) is 5.06 Å². The fourth-order valence-electron chi connectivity index (χ4n) is 3.32. The van der Waals surface area contributed by atoms with Crippen molar-refractivity contribution in [3.05, 3.63) is 66.2 Å². The second kappa shape index (κ2) is 6.81. The van der Waals surface area contributed by atoms with Crippen LogP contribution in [-0.2, 0) is 21.4 Å². The van der Waals surface area contributed by atoms with Crippen molar-refractivity contribution in [2.75, 3.05) is 13.7 Å². The zero-order valence-electron chi connectivity index (χ0n) is 14.2. The lowest BCUT2D eigenvalue weighted by molar-refractivity contribution is -0.110. The summed E-state index contributed by atoms with van der Waals surface area (Å²) in [6, 6.07) is 12.6. The van der Waals surface area contributed by atoms with Gasteiger partial charge in [0.25, 0.3) is 0 Å². The van der Waals surface area contributed by atoms with E-state index in [2.05, 4.69) is 9.71 Å². The molecule has 0 bridgehead atoms. The van der Waals surface area contributed by atoms with Crippen LogP contribution in [0, 0.1) is 0 Å². The van der Waals surface area contributed by atoms with Crippen LogP contribution in [0.1, 0.15) is 17.4 Å². The highest BCUT2D eigenvalue weighted by molar-refractivity contribution is 7.90. The molecule has 3 heterocycles. The lowest BCUT2D eigenvalue weighted by Gasteiger charge is -2.24. The first-order chi connectivity index (χ1) is 12.6. The first-order valence-corrected chi connectivity index (χ1v) is 9.81. The molecule has 7 nitrogen and oxygen atoms in total. The monoisotopic (exact) mass is 373 g/mol. The van der Waals surface area contributed by atoms with E-state index in [1.807, 2.05) is 30.3 Å². The molecule has 4 rings (SSSR count). The number of fused-ring (bicyclic) bond motifs is 1. The highest BCUT2D eigenvalue weighted by Crippen LogP contribution is 2.36. The summed E-state index contributed by atoms with van der Waals surface area (Å²) in [6.07, 6.45) is 3.21. The standard InChI is InChI=1S/C18H19N3O4S/c1-21-18(15-8-9-19-16-7-3-2-6-14(15)16)17(12-25-21)26(22,23)20-11-13-5-4-10-24-13/h2-10,17-18,20H,11-12H2,1H3/t17-,18-/m0/s1. The molecule has 0 aliphatic carbocycles. The largest absolute Gasteiger partial charge is 0.468 e. The predicted octanol–water partition coefficient (Wildman–Crippen LogP) is 2.23. The van der Waals surface area contributed by atoms with E-state index in [0.717, 1.165) is 16.5 Å². The molecule has 2 aromatic heterocycles. The molecule has 0 unspecified atom stereocenters. The third kappa shape index (κ3) is 3.12. The molecule has 0 amide bonds. The van der Waals surface area contributed by atoms with Gasteiger partial charge in [0.15, 0.2) is 0 Å². The van der Waals surface area contributed by atoms with Crippen LogP contribution in [0.3, 0.4) is 0 Å². The van der Waals surface area contributed by atoms with Crippen molar-refractivity contribution < 1.29 is 17.7 Å². The maximum absolute atomic E-state index is 12.9. The van der Waals surface area contributed by atoms with Crippen LogP contribution < -0.4 is 4.72 Å². The smallest absolute Gasteiger partial charge is 0.219 e. The van der Waals surface area contributed by atoms with Gasteiger partial charge in [0, 0.05) is 18.6 Å². The molecule has 2 atom stereocenters. The minimum absolute atomic E-state index is 0.0886. The Hall–Kier alpha value is -2.26. The Morgan fingerprint density at radius 1 is 1.23 bits per heavy atom. The molecule has 1 aromatic carbocycles. The van der Waals surface area contributed by atoms with Crippen molar-refractivity contribution in [3.8, 4) is 0 Å². The summed E-state index contributed by atoms with van der Waals surface area (Å²) in [5.74, 6) is 0.562. The third-order valence-corrected chi connectivity index (χ3v) is 6.35. The molecule has 1 aliphatic rings. The summed E-state index contributed by atoms with van der Waals surface area (Å²) >= 11 is 0. The van der Waals surface area contributed by atoms with Crippen molar-refractivity contribution in [3.63, 3.8) is 0 Å². The highest BCUT2D eigenvalue weighted by atomic mass is 32.2. The lowest BCUT2D eigenvalue weighted by Crippen LogP contribution is -2.39. The number of benzene rings is 1. The maximum atomic E-state index is 12.9. The van der Waals surface area contributed by atoms with Gasteiger partial charge in [0.05, 0.1) is 31.0 Å². The van der Waals surface area contributed by atoms with Crippen LogP contribution in [0.2, 0.25) is 0 Å².